The Balaban J connectivity index is 2.42. The van der Waals surface area contributed by atoms with Gasteiger partial charge in [-0.15, -0.1) is 0 Å². The van der Waals surface area contributed by atoms with Crippen LogP contribution in [0, 0.1) is 0 Å². The smallest absolute Gasteiger partial charge is 0.197 e. The molecule has 0 aromatic carbocycles. The second-order valence-electron chi connectivity index (χ2n) is 2.70. The van der Waals surface area contributed by atoms with Crippen LogP contribution in [0.1, 0.15) is 6.42 Å². The van der Waals surface area contributed by atoms with E-state index >= 15 is 0 Å². The SMILES string of the molecule is COCCCNc1snc(N)c1OC. The zero-order valence-corrected chi connectivity index (χ0v) is 9.19. The number of ether oxygens (including phenoxy) is 2. The van der Waals surface area contributed by atoms with Gasteiger partial charge in [0.2, 0.25) is 0 Å². The van der Waals surface area contributed by atoms with Gasteiger partial charge < -0.3 is 20.5 Å². The average Bonchev–Trinajstić information content (AvgIpc) is 2.54. The summed E-state index contributed by atoms with van der Waals surface area (Å²) in [5.74, 6) is 1.07. The first-order valence-electron chi connectivity index (χ1n) is 4.31. The second kappa shape index (κ2) is 5.66. The lowest BCUT2D eigenvalue weighted by molar-refractivity contribution is 0.198. The van der Waals surface area contributed by atoms with E-state index in [1.165, 1.54) is 11.5 Å². The average molecular weight is 217 g/mol. The van der Waals surface area contributed by atoms with Crippen molar-refractivity contribution in [2.75, 3.05) is 38.4 Å². The van der Waals surface area contributed by atoms with E-state index in [4.69, 9.17) is 15.2 Å². The Kier molecular flexibility index (Phi) is 4.48. The standard InChI is InChI=1S/C8H15N3O2S/c1-12-5-3-4-10-8-6(13-2)7(9)11-14-8/h10H,3-5H2,1-2H3,(H2,9,11). The minimum Gasteiger partial charge on any atom is -0.490 e. The van der Waals surface area contributed by atoms with Crippen LogP contribution in [0.4, 0.5) is 10.8 Å². The Morgan fingerprint density at radius 1 is 1.50 bits per heavy atom. The maximum absolute atomic E-state index is 5.59. The number of hydrogen-bond donors (Lipinski definition) is 2. The van der Waals surface area contributed by atoms with Gasteiger partial charge in [0, 0.05) is 20.3 Å². The lowest BCUT2D eigenvalue weighted by atomic mass is 10.4. The van der Waals surface area contributed by atoms with Crippen molar-refractivity contribution in [1.29, 1.82) is 0 Å². The highest BCUT2D eigenvalue weighted by Crippen LogP contribution is 2.34. The van der Waals surface area contributed by atoms with Gasteiger partial charge in [0.15, 0.2) is 16.6 Å². The van der Waals surface area contributed by atoms with Crippen LogP contribution in [0.25, 0.3) is 0 Å². The van der Waals surface area contributed by atoms with Crippen molar-refractivity contribution in [3.63, 3.8) is 0 Å². The highest BCUT2D eigenvalue weighted by atomic mass is 32.1. The Labute approximate surface area is 87.4 Å². The van der Waals surface area contributed by atoms with Crippen LogP contribution in [0.15, 0.2) is 0 Å². The molecular formula is C8H15N3O2S. The van der Waals surface area contributed by atoms with Gasteiger partial charge >= 0.3 is 0 Å². The predicted octanol–water partition coefficient (Wildman–Crippen LogP) is 1.18. The fraction of sp³-hybridized carbons (Fsp3) is 0.625. The first-order chi connectivity index (χ1) is 6.79. The molecule has 3 N–H and O–H groups in total. The molecule has 0 aliphatic carbocycles. The minimum atomic E-state index is 0.437. The quantitative estimate of drug-likeness (QED) is 0.700. The van der Waals surface area contributed by atoms with Gasteiger partial charge in [-0.25, -0.2) is 0 Å². The van der Waals surface area contributed by atoms with Crippen molar-refractivity contribution < 1.29 is 9.47 Å². The van der Waals surface area contributed by atoms with Gasteiger partial charge in [0.05, 0.1) is 7.11 Å². The number of hydrogen-bond acceptors (Lipinski definition) is 6. The topological polar surface area (TPSA) is 69.4 Å². The number of aromatic nitrogens is 1. The number of rotatable bonds is 6. The number of nitrogens with two attached hydrogens (primary N) is 1. The molecule has 0 fully saturated rings. The van der Waals surface area contributed by atoms with Gasteiger partial charge in [0.1, 0.15) is 0 Å². The van der Waals surface area contributed by atoms with E-state index in [2.05, 4.69) is 9.69 Å². The molecule has 1 aromatic rings. The van der Waals surface area contributed by atoms with Crippen molar-refractivity contribution >= 4 is 22.4 Å². The molecule has 1 heterocycles. The molecule has 0 spiro atoms. The van der Waals surface area contributed by atoms with E-state index in [9.17, 15) is 0 Å². The summed E-state index contributed by atoms with van der Waals surface area (Å²) in [6.45, 7) is 1.56. The molecule has 1 rings (SSSR count). The molecule has 0 amide bonds. The van der Waals surface area contributed by atoms with E-state index in [1.807, 2.05) is 0 Å². The van der Waals surface area contributed by atoms with Gasteiger partial charge in [-0.2, -0.15) is 4.37 Å². The summed E-state index contributed by atoms with van der Waals surface area (Å²) in [5, 5.41) is 4.07. The summed E-state index contributed by atoms with van der Waals surface area (Å²) < 4.78 is 14.0. The van der Waals surface area contributed by atoms with Crippen LogP contribution in [0.3, 0.4) is 0 Å². The molecule has 0 aliphatic rings. The summed E-state index contributed by atoms with van der Waals surface area (Å²) in [6.07, 6.45) is 0.942. The molecule has 0 bridgehead atoms. The first kappa shape index (κ1) is 11.1. The summed E-state index contributed by atoms with van der Waals surface area (Å²) in [4.78, 5) is 0. The molecule has 0 unspecified atom stereocenters. The molecule has 0 atom stereocenters. The van der Waals surface area contributed by atoms with E-state index < -0.39 is 0 Å². The van der Waals surface area contributed by atoms with Crippen molar-refractivity contribution in [1.82, 2.24) is 4.37 Å². The lowest BCUT2D eigenvalue weighted by Crippen LogP contribution is -2.04. The van der Waals surface area contributed by atoms with Crippen molar-refractivity contribution in [2.24, 2.45) is 0 Å². The van der Waals surface area contributed by atoms with Gasteiger partial charge in [0.25, 0.3) is 0 Å². The molecular weight excluding hydrogens is 202 g/mol. The van der Waals surface area contributed by atoms with Crippen molar-refractivity contribution in [2.45, 2.75) is 6.42 Å². The fourth-order valence-electron chi connectivity index (χ4n) is 1.02. The maximum atomic E-state index is 5.59. The van der Waals surface area contributed by atoms with Crippen LogP contribution in [0.5, 0.6) is 5.75 Å². The maximum Gasteiger partial charge on any atom is 0.197 e. The third kappa shape index (κ3) is 2.74. The third-order valence-electron chi connectivity index (χ3n) is 1.69. The van der Waals surface area contributed by atoms with E-state index in [0.717, 1.165) is 24.6 Å². The largest absolute Gasteiger partial charge is 0.490 e. The second-order valence-corrected chi connectivity index (χ2v) is 3.48. The molecule has 1 aromatic heterocycles. The molecule has 14 heavy (non-hydrogen) atoms. The molecule has 0 aliphatic heterocycles. The zero-order valence-electron chi connectivity index (χ0n) is 8.37. The highest BCUT2D eigenvalue weighted by Gasteiger charge is 2.10. The van der Waals surface area contributed by atoms with Crippen molar-refractivity contribution in [3.05, 3.63) is 0 Å². The van der Waals surface area contributed by atoms with E-state index in [0.29, 0.717) is 11.6 Å². The molecule has 0 radical (unpaired) electrons. The molecule has 5 nitrogen and oxygen atoms in total. The summed E-state index contributed by atoms with van der Waals surface area (Å²) in [7, 11) is 3.27. The molecule has 0 saturated carbocycles. The molecule has 80 valence electrons. The number of nitrogens with zero attached hydrogens (tertiary/aromatic N) is 1. The Morgan fingerprint density at radius 2 is 2.29 bits per heavy atom. The number of anilines is 2. The van der Waals surface area contributed by atoms with E-state index in [-0.39, 0.29) is 0 Å². The summed E-state index contributed by atoms with van der Waals surface area (Å²) in [5.41, 5.74) is 5.59. The van der Waals surface area contributed by atoms with E-state index in [1.54, 1.807) is 14.2 Å². The monoisotopic (exact) mass is 217 g/mol. The molecule has 6 heteroatoms. The number of nitrogens with one attached hydrogen (secondary N) is 1. The predicted molar refractivity (Wildman–Crippen MR) is 58.1 cm³/mol. The Hall–Kier alpha value is -1.01. The minimum absolute atomic E-state index is 0.437. The van der Waals surface area contributed by atoms with Crippen LogP contribution in [-0.2, 0) is 4.74 Å². The van der Waals surface area contributed by atoms with Crippen LogP contribution in [0.2, 0.25) is 0 Å². The van der Waals surface area contributed by atoms with Gasteiger partial charge in [-0.1, -0.05) is 0 Å². The normalized spacial score (nSPS) is 10.1. The molecule has 0 saturated heterocycles. The number of nitrogen functional groups attached to an aromatic ring is 1. The highest BCUT2D eigenvalue weighted by molar-refractivity contribution is 7.11. The third-order valence-corrected chi connectivity index (χ3v) is 2.49. The Bertz CT molecular complexity index is 278. The number of methoxy groups -OCH3 is 2. The van der Waals surface area contributed by atoms with Crippen LogP contribution >= 0.6 is 11.5 Å². The zero-order chi connectivity index (χ0) is 10.4. The summed E-state index contributed by atoms with van der Waals surface area (Å²) >= 11 is 1.31. The Morgan fingerprint density at radius 3 is 2.93 bits per heavy atom. The first-order valence-corrected chi connectivity index (χ1v) is 5.09. The van der Waals surface area contributed by atoms with Gasteiger partial charge in [-0.05, 0) is 18.0 Å². The lowest BCUT2D eigenvalue weighted by Gasteiger charge is -2.05. The fourth-order valence-corrected chi connectivity index (χ4v) is 1.73. The van der Waals surface area contributed by atoms with Crippen LogP contribution < -0.4 is 15.8 Å². The summed E-state index contributed by atoms with van der Waals surface area (Å²) in [6, 6.07) is 0. The van der Waals surface area contributed by atoms with Crippen molar-refractivity contribution in [3.8, 4) is 5.75 Å². The van der Waals surface area contributed by atoms with Crippen LogP contribution in [-0.4, -0.2) is 31.7 Å². The van der Waals surface area contributed by atoms with Gasteiger partial charge in [-0.3, -0.25) is 0 Å².